The minimum Gasteiger partial charge on any atom is -0.464 e. The molecular formula is C22H31NO5S. The van der Waals surface area contributed by atoms with E-state index in [0.717, 1.165) is 31.4 Å². The zero-order chi connectivity index (χ0) is 21.1. The van der Waals surface area contributed by atoms with Crippen LogP contribution < -0.4 is 5.32 Å². The fourth-order valence-corrected chi connectivity index (χ4v) is 3.61. The molecule has 3 atom stereocenters. The summed E-state index contributed by atoms with van der Waals surface area (Å²) >= 11 is 1.63. The van der Waals surface area contributed by atoms with Crippen LogP contribution in [-0.4, -0.2) is 54.5 Å². The van der Waals surface area contributed by atoms with Gasteiger partial charge in [-0.25, -0.2) is 4.79 Å². The predicted molar refractivity (Wildman–Crippen MR) is 114 cm³/mol. The van der Waals surface area contributed by atoms with Crippen LogP contribution in [0.25, 0.3) is 0 Å². The molecule has 0 radical (unpaired) electrons. The molecule has 1 amide bonds. The molecule has 29 heavy (non-hydrogen) atoms. The molecule has 2 rings (SSSR count). The Morgan fingerprint density at radius 3 is 2.59 bits per heavy atom. The van der Waals surface area contributed by atoms with Crippen molar-refractivity contribution in [2.75, 3.05) is 18.6 Å². The third-order valence-electron chi connectivity index (χ3n) is 4.82. The first-order valence-corrected chi connectivity index (χ1v) is 11.6. The highest BCUT2D eigenvalue weighted by Gasteiger charge is 2.52. The summed E-state index contributed by atoms with van der Waals surface area (Å²) in [5.74, 6) is -0.123. The highest BCUT2D eigenvalue weighted by Crippen LogP contribution is 2.24. The van der Waals surface area contributed by atoms with Crippen molar-refractivity contribution in [3.63, 3.8) is 0 Å². The Bertz CT molecular complexity index is 666. The molecule has 7 heteroatoms. The Labute approximate surface area is 177 Å². The van der Waals surface area contributed by atoms with Crippen LogP contribution >= 0.6 is 11.8 Å². The van der Waals surface area contributed by atoms with Crippen LogP contribution in [-0.2, 0) is 30.3 Å². The lowest BCUT2D eigenvalue weighted by atomic mass is 10.0. The van der Waals surface area contributed by atoms with E-state index in [1.807, 2.05) is 24.5 Å². The number of ketones is 1. The number of nitrogens with one attached hydrogen (secondary N) is 1. The van der Waals surface area contributed by atoms with Gasteiger partial charge in [0, 0.05) is 6.42 Å². The molecule has 1 saturated heterocycles. The molecule has 0 saturated carbocycles. The first-order valence-electron chi connectivity index (χ1n) is 10.2. The van der Waals surface area contributed by atoms with Crippen LogP contribution in [0, 0.1) is 0 Å². The second-order valence-electron chi connectivity index (χ2n) is 7.08. The Morgan fingerprint density at radius 2 is 1.90 bits per heavy atom. The van der Waals surface area contributed by atoms with Crippen LogP contribution in [0.2, 0.25) is 0 Å². The van der Waals surface area contributed by atoms with E-state index in [-0.39, 0.29) is 12.4 Å². The van der Waals surface area contributed by atoms with Crippen LogP contribution in [0.1, 0.15) is 44.6 Å². The minimum absolute atomic E-state index is 0.0421. The van der Waals surface area contributed by atoms with Crippen molar-refractivity contribution in [2.24, 2.45) is 0 Å². The largest absolute Gasteiger partial charge is 0.464 e. The molecular weight excluding hydrogens is 390 g/mol. The Kier molecular flexibility index (Phi) is 10.2. The van der Waals surface area contributed by atoms with Crippen molar-refractivity contribution in [1.82, 2.24) is 5.32 Å². The summed E-state index contributed by atoms with van der Waals surface area (Å²) < 4.78 is 9.99. The van der Waals surface area contributed by atoms with E-state index in [1.165, 1.54) is 5.56 Å². The average molecular weight is 422 g/mol. The van der Waals surface area contributed by atoms with Gasteiger partial charge in [0.1, 0.15) is 0 Å². The summed E-state index contributed by atoms with van der Waals surface area (Å²) in [6, 6.07) is 9.77. The van der Waals surface area contributed by atoms with Gasteiger partial charge in [-0.1, -0.05) is 36.8 Å². The summed E-state index contributed by atoms with van der Waals surface area (Å²) in [6.07, 6.45) is 5.13. The van der Waals surface area contributed by atoms with Crippen molar-refractivity contribution in [1.29, 1.82) is 0 Å². The molecule has 0 aromatic heterocycles. The van der Waals surface area contributed by atoms with Crippen molar-refractivity contribution in [3.05, 3.63) is 35.9 Å². The number of thioether (sulfide) groups is 1. The molecule has 1 heterocycles. The van der Waals surface area contributed by atoms with Gasteiger partial charge >= 0.3 is 5.97 Å². The third kappa shape index (κ3) is 8.19. The maximum atomic E-state index is 12.6. The molecule has 1 aliphatic rings. The molecule has 0 aliphatic carbocycles. The number of carbonyl (C=O) groups is 3. The monoisotopic (exact) mass is 421 g/mol. The molecule has 1 aromatic rings. The number of carbonyl (C=O) groups excluding carboxylic acids is 3. The Balaban J connectivity index is 1.72. The predicted octanol–water partition coefficient (Wildman–Crippen LogP) is 2.93. The first-order chi connectivity index (χ1) is 14.1. The SMILES string of the molecule is CCOC(=O)[C@H]1O[C@@H]1C(=O)N[C@@H](CCSC)C(=O)CCCCCc1ccccc1. The van der Waals surface area contributed by atoms with E-state index in [4.69, 9.17) is 9.47 Å². The lowest BCUT2D eigenvalue weighted by Crippen LogP contribution is -2.44. The maximum Gasteiger partial charge on any atom is 0.338 e. The second kappa shape index (κ2) is 12.6. The van der Waals surface area contributed by atoms with Crippen molar-refractivity contribution >= 4 is 29.4 Å². The first kappa shape index (κ1) is 23.4. The number of hydrogen-bond acceptors (Lipinski definition) is 6. The molecule has 160 valence electrons. The van der Waals surface area contributed by atoms with Crippen LogP contribution in [0.15, 0.2) is 30.3 Å². The summed E-state index contributed by atoms with van der Waals surface area (Å²) in [6.45, 7) is 1.94. The summed E-state index contributed by atoms with van der Waals surface area (Å²) in [5.41, 5.74) is 1.31. The van der Waals surface area contributed by atoms with Gasteiger partial charge in [0.2, 0.25) is 0 Å². The minimum atomic E-state index is -0.843. The topological polar surface area (TPSA) is 85.0 Å². The molecule has 1 aliphatic heterocycles. The van der Waals surface area contributed by atoms with Crippen molar-refractivity contribution in [3.8, 4) is 0 Å². The van der Waals surface area contributed by atoms with Crippen molar-refractivity contribution in [2.45, 2.75) is 63.7 Å². The smallest absolute Gasteiger partial charge is 0.338 e. The molecule has 0 unspecified atom stereocenters. The van der Waals surface area contributed by atoms with Crippen molar-refractivity contribution < 1.29 is 23.9 Å². The molecule has 1 fully saturated rings. The zero-order valence-corrected chi connectivity index (χ0v) is 18.0. The quantitative estimate of drug-likeness (QED) is 0.282. The number of benzene rings is 1. The highest BCUT2D eigenvalue weighted by molar-refractivity contribution is 7.98. The number of rotatable bonds is 14. The summed E-state index contributed by atoms with van der Waals surface area (Å²) in [4.78, 5) is 36.6. The lowest BCUT2D eigenvalue weighted by molar-refractivity contribution is -0.144. The third-order valence-corrected chi connectivity index (χ3v) is 5.46. The average Bonchev–Trinajstić information content (AvgIpc) is 3.53. The van der Waals surface area contributed by atoms with Crippen LogP contribution in [0.5, 0.6) is 0 Å². The van der Waals surface area contributed by atoms with E-state index in [9.17, 15) is 14.4 Å². The normalized spacial score (nSPS) is 18.7. The fraction of sp³-hybridized carbons (Fsp3) is 0.591. The maximum absolute atomic E-state index is 12.6. The van der Waals surface area contributed by atoms with E-state index >= 15 is 0 Å². The molecule has 1 aromatic carbocycles. The van der Waals surface area contributed by atoms with Gasteiger partial charge in [0.15, 0.2) is 18.0 Å². The number of Topliss-reactive ketones (excluding diaryl/α,β-unsaturated/α-hetero) is 1. The zero-order valence-electron chi connectivity index (χ0n) is 17.2. The molecule has 0 spiro atoms. The van der Waals surface area contributed by atoms with Gasteiger partial charge in [0.25, 0.3) is 5.91 Å². The molecule has 1 N–H and O–H groups in total. The number of hydrogen-bond donors (Lipinski definition) is 1. The van der Waals surface area contributed by atoms with Gasteiger partial charge in [-0.05, 0) is 50.2 Å². The van der Waals surface area contributed by atoms with E-state index in [2.05, 4.69) is 17.4 Å². The molecule has 0 bridgehead atoms. The van der Waals surface area contributed by atoms with Gasteiger partial charge < -0.3 is 14.8 Å². The standard InChI is InChI=1S/C22H31NO5S/c1-3-27-22(26)20-19(28-20)21(25)23-17(14-15-29-2)18(24)13-9-5-8-12-16-10-6-4-7-11-16/h4,6-7,10-11,17,19-20H,3,5,8-9,12-15H2,1-2H3,(H,23,25)/t17-,19-,20-/m0/s1. The number of epoxide rings is 1. The number of ether oxygens (including phenoxy) is 2. The Morgan fingerprint density at radius 1 is 1.14 bits per heavy atom. The van der Waals surface area contributed by atoms with E-state index in [0.29, 0.717) is 12.8 Å². The van der Waals surface area contributed by atoms with Crippen LogP contribution in [0.4, 0.5) is 0 Å². The van der Waals surface area contributed by atoms with E-state index in [1.54, 1.807) is 18.7 Å². The Hall–Kier alpha value is -1.86. The number of aryl methyl sites for hydroxylation is 1. The van der Waals surface area contributed by atoms with Gasteiger partial charge in [-0.15, -0.1) is 0 Å². The lowest BCUT2D eigenvalue weighted by Gasteiger charge is -2.17. The fourth-order valence-electron chi connectivity index (χ4n) is 3.14. The van der Waals surface area contributed by atoms with Gasteiger partial charge in [-0.2, -0.15) is 11.8 Å². The number of unbranched alkanes of at least 4 members (excludes halogenated alkanes) is 2. The van der Waals surface area contributed by atoms with Crippen LogP contribution in [0.3, 0.4) is 0 Å². The van der Waals surface area contributed by atoms with Gasteiger partial charge in [0.05, 0.1) is 12.6 Å². The van der Waals surface area contributed by atoms with E-state index < -0.39 is 30.1 Å². The number of esters is 1. The highest BCUT2D eigenvalue weighted by atomic mass is 32.2. The second-order valence-corrected chi connectivity index (χ2v) is 8.07. The summed E-state index contributed by atoms with van der Waals surface area (Å²) in [7, 11) is 0. The van der Waals surface area contributed by atoms with Gasteiger partial charge in [-0.3, -0.25) is 9.59 Å². The molecule has 6 nitrogen and oxygen atoms in total. The number of amides is 1. The summed E-state index contributed by atoms with van der Waals surface area (Å²) in [5, 5.41) is 2.77.